The van der Waals surface area contributed by atoms with Crippen molar-refractivity contribution in [3.63, 3.8) is 0 Å². The molecule has 2 aromatic carbocycles. The van der Waals surface area contributed by atoms with Crippen molar-refractivity contribution in [1.82, 2.24) is 0 Å². The summed E-state index contributed by atoms with van der Waals surface area (Å²) < 4.78 is 9.84. The lowest BCUT2D eigenvalue weighted by atomic mass is 10.0. The number of fused-ring (bicyclic) bond motifs is 1. The van der Waals surface area contributed by atoms with E-state index in [9.17, 15) is 9.59 Å². The minimum Gasteiger partial charge on any atom is -0.466 e. The largest absolute Gasteiger partial charge is 0.466 e. The molecular formula is C19H14O4. The van der Waals surface area contributed by atoms with Crippen LogP contribution in [-0.4, -0.2) is 18.9 Å². The molecule has 0 amide bonds. The average molecular weight is 306 g/mol. The summed E-state index contributed by atoms with van der Waals surface area (Å²) in [5, 5.41) is 0. The molecule has 114 valence electrons. The number of ether oxygens (including phenoxy) is 2. The first-order valence-electron chi connectivity index (χ1n) is 7.07. The van der Waals surface area contributed by atoms with Gasteiger partial charge in [0.1, 0.15) is 0 Å². The Morgan fingerprint density at radius 2 is 1.70 bits per heavy atom. The van der Waals surface area contributed by atoms with Gasteiger partial charge in [0.2, 0.25) is 0 Å². The van der Waals surface area contributed by atoms with Crippen LogP contribution in [0.2, 0.25) is 0 Å². The third-order valence-electron chi connectivity index (χ3n) is 3.42. The first-order valence-corrected chi connectivity index (χ1v) is 7.07. The van der Waals surface area contributed by atoms with Crippen LogP contribution in [0.25, 0.3) is 12.2 Å². The zero-order chi connectivity index (χ0) is 16.2. The zero-order valence-electron chi connectivity index (χ0n) is 12.5. The zero-order valence-corrected chi connectivity index (χ0v) is 12.5. The Morgan fingerprint density at radius 1 is 0.957 bits per heavy atom. The van der Waals surface area contributed by atoms with E-state index in [1.165, 1.54) is 19.3 Å². The standard InChI is InChI=1S/C19H14O4/c1-22-18(21)12-10-13-5-2-3-7-15(13)16(20)11-9-14-6-4-8-17-19(14)23-17/h2-12H,1H3/b11-9+,12-10+. The van der Waals surface area contributed by atoms with Crippen LogP contribution < -0.4 is 4.74 Å². The summed E-state index contributed by atoms with van der Waals surface area (Å²) in [6, 6.07) is 12.7. The molecule has 0 unspecified atom stereocenters. The second kappa shape index (κ2) is 6.32. The highest BCUT2D eigenvalue weighted by Gasteiger charge is 2.22. The molecule has 3 rings (SSSR count). The molecule has 0 N–H and O–H groups in total. The van der Waals surface area contributed by atoms with E-state index in [4.69, 9.17) is 4.74 Å². The van der Waals surface area contributed by atoms with E-state index in [0.717, 1.165) is 17.1 Å². The van der Waals surface area contributed by atoms with Gasteiger partial charge >= 0.3 is 5.97 Å². The van der Waals surface area contributed by atoms with Gasteiger partial charge in [0.15, 0.2) is 17.3 Å². The Labute approximate surface area is 133 Å². The molecule has 0 saturated heterocycles. The van der Waals surface area contributed by atoms with Crippen molar-refractivity contribution in [1.29, 1.82) is 0 Å². The molecule has 0 atom stereocenters. The number of benzene rings is 2. The Bertz CT molecular complexity index is 831. The fourth-order valence-electron chi connectivity index (χ4n) is 2.19. The monoisotopic (exact) mass is 306 g/mol. The van der Waals surface area contributed by atoms with Crippen molar-refractivity contribution in [2.24, 2.45) is 0 Å². The first-order chi connectivity index (χ1) is 11.2. The minimum atomic E-state index is -0.465. The predicted molar refractivity (Wildman–Crippen MR) is 87.4 cm³/mol. The van der Waals surface area contributed by atoms with Crippen molar-refractivity contribution in [2.45, 2.75) is 0 Å². The molecule has 2 aromatic rings. The second-order valence-corrected chi connectivity index (χ2v) is 4.92. The molecule has 4 nitrogen and oxygen atoms in total. The fraction of sp³-hybridized carbons (Fsp3) is 0.0526. The maximum atomic E-state index is 12.4. The number of allylic oxidation sites excluding steroid dienone is 1. The number of carbonyl (C=O) groups excluding carboxylic acids is 2. The number of rotatable bonds is 5. The van der Waals surface area contributed by atoms with Crippen molar-refractivity contribution in [3.8, 4) is 11.5 Å². The summed E-state index contributed by atoms with van der Waals surface area (Å²) in [6.45, 7) is 0. The van der Waals surface area contributed by atoms with E-state index < -0.39 is 5.97 Å². The van der Waals surface area contributed by atoms with Gasteiger partial charge in [0.25, 0.3) is 0 Å². The van der Waals surface area contributed by atoms with Gasteiger partial charge in [-0.15, -0.1) is 0 Å². The molecule has 1 aliphatic heterocycles. The molecular weight excluding hydrogens is 292 g/mol. The minimum absolute atomic E-state index is 0.145. The highest BCUT2D eigenvalue weighted by molar-refractivity contribution is 6.09. The van der Waals surface area contributed by atoms with Gasteiger partial charge in [-0.25, -0.2) is 4.79 Å². The van der Waals surface area contributed by atoms with E-state index in [0.29, 0.717) is 11.1 Å². The Kier molecular flexibility index (Phi) is 4.06. The van der Waals surface area contributed by atoms with E-state index >= 15 is 0 Å². The molecule has 4 heteroatoms. The van der Waals surface area contributed by atoms with Gasteiger partial charge in [-0.3, -0.25) is 4.79 Å². The number of methoxy groups -OCH3 is 1. The van der Waals surface area contributed by atoms with Gasteiger partial charge in [-0.1, -0.05) is 36.4 Å². The van der Waals surface area contributed by atoms with Gasteiger partial charge in [0.05, 0.1) is 7.11 Å². The van der Waals surface area contributed by atoms with Crippen molar-refractivity contribution >= 4 is 23.9 Å². The lowest BCUT2D eigenvalue weighted by Gasteiger charge is -2.01. The van der Waals surface area contributed by atoms with Crippen molar-refractivity contribution in [2.75, 3.05) is 7.11 Å². The summed E-state index contributed by atoms with van der Waals surface area (Å²) in [6.07, 6.45) is 6.09. The van der Waals surface area contributed by atoms with Crippen molar-refractivity contribution < 1.29 is 19.1 Å². The second-order valence-electron chi connectivity index (χ2n) is 4.92. The summed E-state index contributed by atoms with van der Waals surface area (Å²) in [5.74, 6) is 1.05. The van der Waals surface area contributed by atoms with E-state index in [1.54, 1.807) is 36.4 Å². The number of ketones is 1. The smallest absolute Gasteiger partial charge is 0.330 e. The lowest BCUT2D eigenvalue weighted by molar-refractivity contribution is -0.134. The Balaban J connectivity index is 1.81. The highest BCUT2D eigenvalue weighted by Crippen LogP contribution is 2.48. The summed E-state index contributed by atoms with van der Waals surface area (Å²) in [5.41, 5.74) is 2.05. The highest BCUT2D eigenvalue weighted by atomic mass is 16.6. The molecule has 0 fully saturated rings. The molecule has 0 aromatic heterocycles. The molecule has 0 saturated carbocycles. The maximum absolute atomic E-state index is 12.4. The Hall–Kier alpha value is -3.14. The molecule has 0 aliphatic carbocycles. The predicted octanol–water partition coefficient (Wildman–Crippen LogP) is 3.87. The van der Waals surface area contributed by atoms with Crippen molar-refractivity contribution in [3.05, 3.63) is 71.3 Å². The lowest BCUT2D eigenvalue weighted by Crippen LogP contribution is -1.98. The van der Waals surface area contributed by atoms with Gasteiger partial charge in [0, 0.05) is 17.2 Å². The average Bonchev–Trinajstić information content (AvgIpc) is 3.38. The third-order valence-corrected chi connectivity index (χ3v) is 3.42. The van der Waals surface area contributed by atoms with E-state index in [1.807, 2.05) is 18.2 Å². The number of carbonyl (C=O) groups is 2. The molecule has 1 aliphatic rings. The van der Waals surface area contributed by atoms with Crippen LogP contribution in [-0.2, 0) is 9.53 Å². The number of para-hydroxylation sites is 1. The van der Waals surface area contributed by atoms with Gasteiger partial charge in [-0.05, 0) is 29.9 Å². The van der Waals surface area contributed by atoms with E-state index in [-0.39, 0.29) is 5.78 Å². The van der Waals surface area contributed by atoms with Crippen LogP contribution in [0.1, 0.15) is 21.5 Å². The van der Waals surface area contributed by atoms with Crippen LogP contribution in [0.15, 0.2) is 54.6 Å². The molecule has 0 spiro atoms. The van der Waals surface area contributed by atoms with Crippen LogP contribution in [0.3, 0.4) is 0 Å². The van der Waals surface area contributed by atoms with Crippen LogP contribution in [0.5, 0.6) is 11.5 Å². The third kappa shape index (κ3) is 3.37. The summed E-state index contributed by atoms with van der Waals surface area (Å²) in [4.78, 5) is 23.6. The fourth-order valence-corrected chi connectivity index (χ4v) is 2.19. The summed E-state index contributed by atoms with van der Waals surface area (Å²) >= 11 is 0. The van der Waals surface area contributed by atoms with E-state index in [2.05, 4.69) is 4.74 Å². The first kappa shape index (κ1) is 14.8. The molecule has 1 heterocycles. The number of hydrogen-bond donors (Lipinski definition) is 0. The molecule has 23 heavy (non-hydrogen) atoms. The van der Waals surface area contributed by atoms with Gasteiger partial charge < -0.3 is 9.47 Å². The van der Waals surface area contributed by atoms with Gasteiger partial charge in [-0.2, -0.15) is 0 Å². The molecule has 0 radical (unpaired) electrons. The summed E-state index contributed by atoms with van der Waals surface area (Å²) in [7, 11) is 1.31. The Morgan fingerprint density at radius 3 is 2.52 bits per heavy atom. The quantitative estimate of drug-likeness (QED) is 0.311. The maximum Gasteiger partial charge on any atom is 0.330 e. The number of esters is 1. The normalized spacial score (nSPS) is 12.0. The molecule has 0 bridgehead atoms. The topological polar surface area (TPSA) is 55.9 Å². The van der Waals surface area contributed by atoms with Crippen LogP contribution in [0, 0.1) is 0 Å². The number of hydrogen-bond acceptors (Lipinski definition) is 4. The van der Waals surface area contributed by atoms with Crippen LogP contribution in [0.4, 0.5) is 0 Å². The SMILES string of the molecule is COC(=O)/C=C/c1ccccc1C(=O)/C=C/c1cccc2c1O2. The van der Waals surface area contributed by atoms with Crippen LogP contribution >= 0.6 is 0 Å².